The van der Waals surface area contributed by atoms with E-state index < -0.39 is 0 Å². The number of para-hydroxylation sites is 1. The summed E-state index contributed by atoms with van der Waals surface area (Å²) in [6.45, 7) is 4.28. The van der Waals surface area contributed by atoms with Gasteiger partial charge in [-0.05, 0) is 43.2 Å². The van der Waals surface area contributed by atoms with E-state index in [1.54, 1.807) is 11.0 Å². The van der Waals surface area contributed by atoms with E-state index in [1.165, 1.54) is 10.9 Å². The van der Waals surface area contributed by atoms with E-state index in [9.17, 15) is 9.59 Å². The Balaban J connectivity index is 1.68. The van der Waals surface area contributed by atoms with Crippen molar-refractivity contribution in [2.45, 2.75) is 26.9 Å². The lowest BCUT2D eigenvalue weighted by atomic mass is 10.1. The molecule has 0 radical (unpaired) electrons. The summed E-state index contributed by atoms with van der Waals surface area (Å²) in [4.78, 5) is 32.4. The molecule has 0 unspecified atom stereocenters. The van der Waals surface area contributed by atoms with Gasteiger partial charge in [0.05, 0.1) is 23.8 Å². The molecule has 0 fully saturated rings. The predicted octanol–water partition coefficient (Wildman–Crippen LogP) is 4.25. The number of aryl methyl sites for hydroxylation is 2. The van der Waals surface area contributed by atoms with Gasteiger partial charge in [-0.2, -0.15) is 0 Å². The molecule has 4 aromatic rings. The minimum Gasteiger partial charge on any atom is -0.306 e. The molecule has 0 saturated carbocycles. The van der Waals surface area contributed by atoms with Gasteiger partial charge >= 0.3 is 0 Å². The van der Waals surface area contributed by atoms with E-state index >= 15 is 0 Å². The highest BCUT2D eigenvalue weighted by atomic mass is 16.2. The SMILES string of the molecule is Cc1ccc(N(Cc2ccccc2)C(=O)Cn2cnc3c(C)cccc3c2=O)cc1. The molecule has 3 aromatic carbocycles. The second-order valence-electron chi connectivity index (χ2n) is 7.45. The van der Waals surface area contributed by atoms with Gasteiger partial charge in [0, 0.05) is 5.69 Å². The van der Waals surface area contributed by atoms with Gasteiger partial charge in [-0.1, -0.05) is 60.2 Å². The maximum Gasteiger partial charge on any atom is 0.261 e. The fourth-order valence-electron chi connectivity index (χ4n) is 3.50. The van der Waals surface area contributed by atoms with E-state index in [4.69, 9.17) is 0 Å². The van der Waals surface area contributed by atoms with Crippen molar-refractivity contribution >= 4 is 22.5 Å². The number of carbonyl (C=O) groups excluding carboxylic acids is 1. The first-order valence-electron chi connectivity index (χ1n) is 9.88. The Kier molecular flexibility index (Phi) is 5.44. The molecule has 150 valence electrons. The fourth-order valence-corrected chi connectivity index (χ4v) is 3.50. The largest absolute Gasteiger partial charge is 0.306 e. The van der Waals surface area contributed by atoms with Crippen molar-refractivity contribution < 1.29 is 4.79 Å². The molecule has 30 heavy (non-hydrogen) atoms. The van der Waals surface area contributed by atoms with Crippen molar-refractivity contribution in [3.63, 3.8) is 0 Å². The van der Waals surface area contributed by atoms with Crippen LogP contribution in [0.5, 0.6) is 0 Å². The summed E-state index contributed by atoms with van der Waals surface area (Å²) in [5.74, 6) is -0.168. The van der Waals surface area contributed by atoms with Crippen molar-refractivity contribution in [3.05, 3.63) is 106 Å². The lowest BCUT2D eigenvalue weighted by Crippen LogP contribution is -2.36. The zero-order chi connectivity index (χ0) is 21.1. The van der Waals surface area contributed by atoms with E-state index in [0.717, 1.165) is 22.4 Å². The van der Waals surface area contributed by atoms with Crippen molar-refractivity contribution in [2.75, 3.05) is 4.90 Å². The number of anilines is 1. The molecule has 1 aromatic heterocycles. The summed E-state index contributed by atoms with van der Waals surface area (Å²) < 4.78 is 1.39. The maximum atomic E-state index is 13.3. The summed E-state index contributed by atoms with van der Waals surface area (Å²) >= 11 is 0. The number of hydrogen-bond donors (Lipinski definition) is 0. The van der Waals surface area contributed by atoms with Crippen LogP contribution in [0.4, 0.5) is 5.69 Å². The van der Waals surface area contributed by atoms with E-state index in [0.29, 0.717) is 17.4 Å². The van der Waals surface area contributed by atoms with Gasteiger partial charge in [0.2, 0.25) is 5.91 Å². The first-order valence-corrected chi connectivity index (χ1v) is 9.88. The molecule has 0 saturated heterocycles. The van der Waals surface area contributed by atoms with Crippen LogP contribution in [0.2, 0.25) is 0 Å². The zero-order valence-corrected chi connectivity index (χ0v) is 17.1. The van der Waals surface area contributed by atoms with Crippen LogP contribution in [0.1, 0.15) is 16.7 Å². The molecular weight excluding hydrogens is 374 g/mol. The van der Waals surface area contributed by atoms with Crippen molar-refractivity contribution in [1.29, 1.82) is 0 Å². The standard InChI is InChI=1S/C25H23N3O2/c1-18-11-13-21(14-12-18)28(15-20-8-4-3-5-9-20)23(29)16-27-17-26-24-19(2)7-6-10-22(24)25(27)30/h3-14,17H,15-16H2,1-2H3. The van der Waals surface area contributed by atoms with Crippen LogP contribution in [-0.4, -0.2) is 15.5 Å². The summed E-state index contributed by atoms with van der Waals surface area (Å²) in [7, 11) is 0. The maximum absolute atomic E-state index is 13.3. The molecule has 4 rings (SSSR count). The highest BCUT2D eigenvalue weighted by Crippen LogP contribution is 2.19. The Morgan fingerprint density at radius 3 is 2.40 bits per heavy atom. The molecular formula is C25H23N3O2. The minimum atomic E-state index is -0.208. The minimum absolute atomic E-state index is 0.0730. The highest BCUT2D eigenvalue weighted by molar-refractivity contribution is 5.93. The van der Waals surface area contributed by atoms with Gasteiger partial charge in [-0.15, -0.1) is 0 Å². The Labute approximate surface area is 175 Å². The second kappa shape index (κ2) is 8.33. The number of hydrogen-bond acceptors (Lipinski definition) is 3. The first kappa shape index (κ1) is 19.6. The van der Waals surface area contributed by atoms with Gasteiger partial charge in [0.1, 0.15) is 6.54 Å². The lowest BCUT2D eigenvalue weighted by molar-refractivity contribution is -0.119. The Morgan fingerprint density at radius 1 is 0.933 bits per heavy atom. The van der Waals surface area contributed by atoms with Gasteiger partial charge in [-0.3, -0.25) is 14.2 Å². The highest BCUT2D eigenvalue weighted by Gasteiger charge is 2.18. The van der Waals surface area contributed by atoms with E-state index in [2.05, 4.69) is 4.98 Å². The normalized spacial score (nSPS) is 10.9. The monoisotopic (exact) mass is 397 g/mol. The van der Waals surface area contributed by atoms with Crippen LogP contribution in [0, 0.1) is 13.8 Å². The molecule has 5 heteroatoms. The van der Waals surface area contributed by atoms with E-state index in [1.807, 2.05) is 80.6 Å². The predicted molar refractivity (Wildman–Crippen MR) is 120 cm³/mol. The summed E-state index contributed by atoms with van der Waals surface area (Å²) in [5.41, 5.74) is 4.34. The topological polar surface area (TPSA) is 55.2 Å². The molecule has 0 aliphatic rings. The molecule has 5 nitrogen and oxygen atoms in total. The number of aromatic nitrogens is 2. The number of rotatable bonds is 5. The van der Waals surface area contributed by atoms with Crippen molar-refractivity contribution in [2.24, 2.45) is 0 Å². The Hall–Kier alpha value is -3.73. The van der Waals surface area contributed by atoms with Gasteiger partial charge in [0.15, 0.2) is 0 Å². The van der Waals surface area contributed by atoms with Crippen molar-refractivity contribution in [1.82, 2.24) is 9.55 Å². The molecule has 0 spiro atoms. The number of carbonyl (C=O) groups is 1. The van der Waals surface area contributed by atoms with Crippen LogP contribution >= 0.6 is 0 Å². The average Bonchev–Trinajstić information content (AvgIpc) is 2.76. The quantitative estimate of drug-likeness (QED) is 0.506. The van der Waals surface area contributed by atoms with Gasteiger partial charge in [-0.25, -0.2) is 4.98 Å². The molecule has 0 aliphatic heterocycles. The van der Waals surface area contributed by atoms with Gasteiger partial charge in [0.25, 0.3) is 5.56 Å². The zero-order valence-electron chi connectivity index (χ0n) is 17.1. The first-order chi connectivity index (χ1) is 14.5. The molecule has 1 amide bonds. The fraction of sp³-hybridized carbons (Fsp3) is 0.160. The third-order valence-electron chi connectivity index (χ3n) is 5.19. The summed E-state index contributed by atoms with van der Waals surface area (Å²) in [5, 5.41) is 0.523. The third kappa shape index (κ3) is 4.01. The smallest absolute Gasteiger partial charge is 0.261 e. The van der Waals surface area contributed by atoms with Crippen LogP contribution in [0.3, 0.4) is 0 Å². The molecule has 0 N–H and O–H groups in total. The Morgan fingerprint density at radius 2 is 1.67 bits per heavy atom. The van der Waals surface area contributed by atoms with Crippen LogP contribution in [-0.2, 0) is 17.9 Å². The van der Waals surface area contributed by atoms with Crippen LogP contribution < -0.4 is 10.5 Å². The summed E-state index contributed by atoms with van der Waals surface area (Å²) in [6.07, 6.45) is 1.46. The number of benzene rings is 3. The van der Waals surface area contributed by atoms with Crippen LogP contribution in [0.25, 0.3) is 10.9 Å². The lowest BCUT2D eigenvalue weighted by Gasteiger charge is -2.24. The third-order valence-corrected chi connectivity index (χ3v) is 5.19. The summed E-state index contributed by atoms with van der Waals surface area (Å²) in [6, 6.07) is 23.2. The molecule has 0 atom stereocenters. The molecule has 0 aliphatic carbocycles. The van der Waals surface area contributed by atoms with E-state index in [-0.39, 0.29) is 18.0 Å². The average molecular weight is 397 g/mol. The second-order valence-corrected chi connectivity index (χ2v) is 7.45. The number of amides is 1. The van der Waals surface area contributed by atoms with Crippen molar-refractivity contribution in [3.8, 4) is 0 Å². The van der Waals surface area contributed by atoms with Gasteiger partial charge < -0.3 is 4.90 Å². The van der Waals surface area contributed by atoms with Crippen LogP contribution in [0.15, 0.2) is 83.9 Å². The molecule has 1 heterocycles. The number of nitrogens with zero attached hydrogens (tertiary/aromatic N) is 3. The number of fused-ring (bicyclic) bond motifs is 1. The Bertz CT molecular complexity index is 1250. The molecule has 0 bridgehead atoms.